The van der Waals surface area contributed by atoms with Crippen molar-refractivity contribution in [3.8, 4) is 11.3 Å². The van der Waals surface area contributed by atoms with E-state index in [0.29, 0.717) is 40.8 Å². The molecule has 0 saturated carbocycles. The molecule has 3 heterocycles. The first-order valence-corrected chi connectivity index (χ1v) is 11.7. The number of benzene rings is 2. The van der Waals surface area contributed by atoms with E-state index in [0.717, 1.165) is 30.1 Å². The third-order valence-corrected chi connectivity index (χ3v) is 6.49. The van der Waals surface area contributed by atoms with Crippen LogP contribution in [-0.2, 0) is 6.54 Å². The number of hydrogen-bond donors (Lipinski definition) is 1. The molecular weight excluding hydrogens is 471 g/mol. The molecule has 4 aromatic rings. The molecule has 0 radical (unpaired) electrons. The highest BCUT2D eigenvalue weighted by atomic mass is 35.5. The fraction of sp³-hybridized carbons (Fsp3) is 0.280. The van der Waals surface area contributed by atoms with Crippen LogP contribution in [0.5, 0.6) is 0 Å². The molecule has 5 rings (SSSR count). The minimum absolute atomic E-state index is 0.224. The van der Waals surface area contributed by atoms with Crippen molar-refractivity contribution in [2.24, 2.45) is 0 Å². The number of nitrogens with zero attached hydrogens (tertiary/aromatic N) is 5. The topological polar surface area (TPSA) is 89.1 Å². The molecule has 35 heavy (non-hydrogen) atoms. The van der Waals surface area contributed by atoms with Gasteiger partial charge in [0.05, 0.1) is 12.6 Å². The number of rotatable bonds is 5. The lowest BCUT2D eigenvalue weighted by Crippen LogP contribution is -2.35. The summed E-state index contributed by atoms with van der Waals surface area (Å²) in [5.41, 5.74) is 2.63. The molecule has 1 atom stereocenters. The van der Waals surface area contributed by atoms with Crippen LogP contribution in [0.4, 0.5) is 14.9 Å². The van der Waals surface area contributed by atoms with Crippen molar-refractivity contribution in [1.82, 2.24) is 24.8 Å². The van der Waals surface area contributed by atoms with Gasteiger partial charge in [0.25, 0.3) is 0 Å². The molecule has 2 amide bonds. The van der Waals surface area contributed by atoms with Crippen LogP contribution in [0.2, 0.25) is 5.02 Å². The Labute approximate surface area is 206 Å². The van der Waals surface area contributed by atoms with Crippen molar-refractivity contribution < 1.29 is 13.7 Å². The maximum absolute atomic E-state index is 13.4. The van der Waals surface area contributed by atoms with Crippen molar-refractivity contribution in [2.75, 3.05) is 11.9 Å². The normalized spacial score (nSPS) is 15.5. The van der Waals surface area contributed by atoms with Crippen LogP contribution >= 0.6 is 11.6 Å². The van der Waals surface area contributed by atoms with Crippen LogP contribution in [0.1, 0.15) is 41.9 Å². The van der Waals surface area contributed by atoms with Gasteiger partial charge < -0.3 is 19.3 Å². The van der Waals surface area contributed by atoms with Crippen LogP contribution in [0.3, 0.4) is 0 Å². The van der Waals surface area contributed by atoms with Gasteiger partial charge in [0.15, 0.2) is 11.6 Å². The van der Waals surface area contributed by atoms with E-state index in [1.165, 1.54) is 12.1 Å². The standard InChI is InChI=1S/C25H24ClFN6O2/c1-15-22(23(31-35-15)18-7-11-20(27)12-8-18)28-25(34)32-13-3-4-21(32)24-30-29-16(2)33(24)14-17-5-9-19(26)10-6-17/h5-12,21H,3-4,13-14H2,1-2H3,(H,28,34)/t21-/m1/s1. The molecule has 2 aromatic carbocycles. The summed E-state index contributed by atoms with van der Waals surface area (Å²) in [7, 11) is 0. The van der Waals surface area contributed by atoms with E-state index < -0.39 is 0 Å². The Morgan fingerprint density at radius 3 is 2.63 bits per heavy atom. The summed E-state index contributed by atoms with van der Waals surface area (Å²) < 4.78 is 20.8. The summed E-state index contributed by atoms with van der Waals surface area (Å²) >= 11 is 6.03. The van der Waals surface area contributed by atoms with Gasteiger partial charge in [-0.3, -0.25) is 0 Å². The van der Waals surface area contributed by atoms with Gasteiger partial charge in [-0.1, -0.05) is 28.9 Å². The first kappa shape index (κ1) is 23.0. The third-order valence-electron chi connectivity index (χ3n) is 6.24. The zero-order valence-corrected chi connectivity index (χ0v) is 20.1. The van der Waals surface area contributed by atoms with Gasteiger partial charge >= 0.3 is 6.03 Å². The summed E-state index contributed by atoms with van der Waals surface area (Å²) in [6.45, 7) is 4.79. The van der Waals surface area contributed by atoms with Gasteiger partial charge in [-0.25, -0.2) is 9.18 Å². The molecule has 1 fully saturated rings. The minimum atomic E-state index is -0.350. The average molecular weight is 495 g/mol. The molecule has 0 unspecified atom stereocenters. The van der Waals surface area contributed by atoms with Crippen LogP contribution in [0.15, 0.2) is 53.1 Å². The van der Waals surface area contributed by atoms with Crippen LogP contribution in [0.25, 0.3) is 11.3 Å². The quantitative estimate of drug-likeness (QED) is 0.381. The molecule has 1 aliphatic rings. The zero-order chi connectivity index (χ0) is 24.5. The minimum Gasteiger partial charge on any atom is -0.359 e. The van der Waals surface area contributed by atoms with E-state index in [2.05, 4.69) is 20.7 Å². The van der Waals surface area contributed by atoms with E-state index in [-0.39, 0.29) is 17.9 Å². The molecule has 1 saturated heterocycles. The Bertz CT molecular complexity index is 1350. The maximum atomic E-state index is 13.4. The highest BCUT2D eigenvalue weighted by molar-refractivity contribution is 6.30. The number of amides is 2. The number of nitrogens with one attached hydrogen (secondary N) is 1. The lowest BCUT2D eigenvalue weighted by Gasteiger charge is -2.25. The van der Waals surface area contributed by atoms with Gasteiger partial charge in [-0.05, 0) is 68.7 Å². The summed E-state index contributed by atoms with van der Waals surface area (Å²) in [6.07, 6.45) is 1.62. The maximum Gasteiger partial charge on any atom is 0.322 e. The number of urea groups is 1. The number of hydrogen-bond acceptors (Lipinski definition) is 5. The second-order valence-electron chi connectivity index (χ2n) is 8.57. The summed E-state index contributed by atoms with van der Waals surface area (Å²) in [4.78, 5) is 15.2. The van der Waals surface area contributed by atoms with E-state index in [4.69, 9.17) is 16.1 Å². The highest BCUT2D eigenvalue weighted by Crippen LogP contribution is 2.34. The van der Waals surface area contributed by atoms with Crippen molar-refractivity contribution >= 4 is 23.3 Å². The summed E-state index contributed by atoms with van der Waals surface area (Å²) in [5.74, 6) is 1.63. The van der Waals surface area contributed by atoms with Gasteiger partial charge in [0.1, 0.15) is 23.0 Å². The molecule has 1 N–H and O–H groups in total. The molecule has 0 aliphatic carbocycles. The third kappa shape index (κ3) is 4.64. The Morgan fingerprint density at radius 2 is 1.89 bits per heavy atom. The van der Waals surface area contributed by atoms with Crippen molar-refractivity contribution in [2.45, 2.75) is 39.3 Å². The molecule has 2 aromatic heterocycles. The lowest BCUT2D eigenvalue weighted by molar-refractivity contribution is 0.203. The molecule has 8 nitrogen and oxygen atoms in total. The van der Waals surface area contributed by atoms with Gasteiger partial charge in [-0.2, -0.15) is 0 Å². The first-order chi connectivity index (χ1) is 16.9. The smallest absolute Gasteiger partial charge is 0.322 e. The Balaban J connectivity index is 1.39. The van der Waals surface area contributed by atoms with Crippen molar-refractivity contribution in [3.63, 3.8) is 0 Å². The number of carbonyl (C=O) groups excluding carboxylic acids is 1. The van der Waals surface area contributed by atoms with E-state index in [9.17, 15) is 9.18 Å². The molecule has 0 spiro atoms. The predicted octanol–water partition coefficient (Wildman–Crippen LogP) is 5.76. The number of aromatic nitrogens is 4. The number of anilines is 1. The Morgan fingerprint density at radius 1 is 1.14 bits per heavy atom. The largest absolute Gasteiger partial charge is 0.359 e. The SMILES string of the molecule is Cc1onc(-c2ccc(F)cc2)c1NC(=O)N1CCC[C@@H]1c1nnc(C)n1Cc1ccc(Cl)cc1. The van der Waals surface area contributed by atoms with Gasteiger partial charge in [0.2, 0.25) is 0 Å². The van der Waals surface area contributed by atoms with Crippen LogP contribution < -0.4 is 5.32 Å². The lowest BCUT2D eigenvalue weighted by atomic mass is 10.1. The number of carbonyl (C=O) groups is 1. The molecular formula is C25H24ClFN6O2. The van der Waals surface area contributed by atoms with E-state index in [1.54, 1.807) is 24.0 Å². The molecule has 1 aliphatic heterocycles. The average Bonchev–Trinajstić information content (AvgIpc) is 3.56. The predicted molar refractivity (Wildman–Crippen MR) is 130 cm³/mol. The first-order valence-electron chi connectivity index (χ1n) is 11.3. The van der Waals surface area contributed by atoms with Gasteiger partial charge in [0, 0.05) is 17.1 Å². The van der Waals surface area contributed by atoms with Gasteiger partial charge in [-0.15, -0.1) is 10.2 Å². The second kappa shape index (κ2) is 9.50. The van der Waals surface area contributed by atoms with Crippen molar-refractivity contribution in [3.05, 3.63) is 82.3 Å². The monoisotopic (exact) mass is 494 g/mol. The fourth-order valence-electron chi connectivity index (χ4n) is 4.39. The summed E-state index contributed by atoms with van der Waals surface area (Å²) in [6, 6.07) is 13.0. The zero-order valence-electron chi connectivity index (χ0n) is 19.3. The van der Waals surface area contributed by atoms with Crippen molar-refractivity contribution in [1.29, 1.82) is 0 Å². The Hall–Kier alpha value is -3.72. The second-order valence-corrected chi connectivity index (χ2v) is 9.01. The molecule has 0 bridgehead atoms. The highest BCUT2D eigenvalue weighted by Gasteiger charge is 2.35. The molecule has 180 valence electrons. The molecule has 10 heteroatoms. The van der Waals surface area contributed by atoms with E-state index in [1.807, 2.05) is 35.8 Å². The van der Waals surface area contributed by atoms with E-state index >= 15 is 0 Å². The fourth-order valence-corrected chi connectivity index (χ4v) is 4.52. The number of halogens is 2. The Kier molecular flexibility index (Phi) is 6.25. The number of aryl methyl sites for hydroxylation is 2. The van der Waals surface area contributed by atoms with Crippen LogP contribution in [0, 0.1) is 19.7 Å². The van der Waals surface area contributed by atoms with Crippen LogP contribution in [-0.4, -0.2) is 37.4 Å². The summed E-state index contributed by atoms with van der Waals surface area (Å²) in [5, 5.41) is 16.4. The number of likely N-dealkylation sites (tertiary alicyclic amines) is 1.